The SMILES string of the molecule is COc1ccc(C)cc1C(=O)O[C@@H](C)C(=O)N[C@@H]1CCCC[C@@H]1C. The number of methoxy groups -OCH3 is 1. The molecule has 1 saturated carbocycles. The average molecular weight is 333 g/mol. The molecule has 0 aromatic heterocycles. The maximum Gasteiger partial charge on any atom is 0.342 e. The molecular formula is C19H27NO4. The highest BCUT2D eigenvalue weighted by Gasteiger charge is 2.27. The molecule has 0 aliphatic heterocycles. The summed E-state index contributed by atoms with van der Waals surface area (Å²) in [6.45, 7) is 5.64. The second-order valence-electron chi connectivity index (χ2n) is 6.63. The summed E-state index contributed by atoms with van der Waals surface area (Å²) in [5.41, 5.74) is 1.26. The number of amides is 1. The number of hydrogen-bond acceptors (Lipinski definition) is 4. The minimum atomic E-state index is -0.836. The van der Waals surface area contributed by atoms with Gasteiger partial charge in [-0.15, -0.1) is 0 Å². The molecule has 2 rings (SSSR count). The van der Waals surface area contributed by atoms with E-state index in [4.69, 9.17) is 9.47 Å². The Morgan fingerprint density at radius 2 is 1.96 bits per heavy atom. The normalized spacial score (nSPS) is 21.7. The van der Waals surface area contributed by atoms with Crippen molar-refractivity contribution in [3.8, 4) is 5.75 Å². The number of esters is 1. The van der Waals surface area contributed by atoms with Crippen LogP contribution in [0.2, 0.25) is 0 Å². The number of aryl methyl sites for hydroxylation is 1. The lowest BCUT2D eigenvalue weighted by atomic mass is 9.86. The fourth-order valence-electron chi connectivity index (χ4n) is 3.09. The van der Waals surface area contributed by atoms with Crippen LogP contribution in [0.1, 0.15) is 55.5 Å². The van der Waals surface area contributed by atoms with Gasteiger partial charge in [0.25, 0.3) is 5.91 Å². The van der Waals surface area contributed by atoms with Crippen molar-refractivity contribution in [3.63, 3.8) is 0 Å². The lowest BCUT2D eigenvalue weighted by Crippen LogP contribution is -2.46. The van der Waals surface area contributed by atoms with E-state index in [1.54, 1.807) is 19.1 Å². The van der Waals surface area contributed by atoms with E-state index in [-0.39, 0.29) is 11.9 Å². The third-order valence-electron chi connectivity index (χ3n) is 4.67. The minimum absolute atomic E-state index is 0.168. The smallest absolute Gasteiger partial charge is 0.342 e. The summed E-state index contributed by atoms with van der Waals surface area (Å²) >= 11 is 0. The van der Waals surface area contributed by atoms with E-state index in [0.717, 1.165) is 24.8 Å². The van der Waals surface area contributed by atoms with Gasteiger partial charge in [-0.3, -0.25) is 4.79 Å². The molecule has 1 aliphatic rings. The van der Waals surface area contributed by atoms with Crippen LogP contribution in [0.3, 0.4) is 0 Å². The zero-order valence-electron chi connectivity index (χ0n) is 14.9. The summed E-state index contributed by atoms with van der Waals surface area (Å²) in [4.78, 5) is 24.7. The molecule has 1 aromatic rings. The fraction of sp³-hybridized carbons (Fsp3) is 0.579. The van der Waals surface area contributed by atoms with Gasteiger partial charge < -0.3 is 14.8 Å². The molecule has 0 heterocycles. The maximum absolute atomic E-state index is 12.4. The zero-order valence-corrected chi connectivity index (χ0v) is 14.9. The topological polar surface area (TPSA) is 64.6 Å². The van der Waals surface area contributed by atoms with Gasteiger partial charge in [0.1, 0.15) is 11.3 Å². The van der Waals surface area contributed by atoms with Gasteiger partial charge in [-0.05, 0) is 44.7 Å². The summed E-state index contributed by atoms with van der Waals surface area (Å²) in [6.07, 6.45) is 3.62. The first-order valence-electron chi connectivity index (χ1n) is 8.58. The molecular weight excluding hydrogens is 306 g/mol. The van der Waals surface area contributed by atoms with Gasteiger partial charge in [0.05, 0.1) is 7.11 Å². The third kappa shape index (κ3) is 4.49. The first kappa shape index (κ1) is 18.3. The molecule has 24 heavy (non-hydrogen) atoms. The number of carbonyl (C=O) groups excluding carboxylic acids is 2. The molecule has 0 saturated heterocycles. The van der Waals surface area contributed by atoms with Crippen LogP contribution in [0.5, 0.6) is 5.75 Å². The Morgan fingerprint density at radius 3 is 2.62 bits per heavy atom. The molecule has 1 amide bonds. The number of benzene rings is 1. The summed E-state index contributed by atoms with van der Waals surface area (Å²) in [7, 11) is 1.50. The van der Waals surface area contributed by atoms with Crippen molar-refractivity contribution in [1.82, 2.24) is 5.32 Å². The van der Waals surface area contributed by atoms with Crippen molar-refractivity contribution in [3.05, 3.63) is 29.3 Å². The Hall–Kier alpha value is -2.04. The van der Waals surface area contributed by atoms with Crippen LogP contribution in [0.15, 0.2) is 18.2 Å². The lowest BCUT2D eigenvalue weighted by molar-refractivity contribution is -0.130. The highest BCUT2D eigenvalue weighted by atomic mass is 16.5. The molecule has 0 spiro atoms. The van der Waals surface area contributed by atoms with Crippen molar-refractivity contribution >= 4 is 11.9 Å². The van der Waals surface area contributed by atoms with Crippen LogP contribution >= 0.6 is 0 Å². The molecule has 1 aromatic carbocycles. The maximum atomic E-state index is 12.4. The standard InChI is InChI=1S/C19H27NO4/c1-12-9-10-17(23-4)15(11-12)19(22)24-14(3)18(21)20-16-8-6-5-7-13(16)2/h9-11,13-14,16H,5-8H2,1-4H3,(H,20,21)/t13-,14-,16+/m0/s1. The lowest BCUT2D eigenvalue weighted by Gasteiger charge is -2.30. The Balaban J connectivity index is 1.98. The Morgan fingerprint density at radius 1 is 1.25 bits per heavy atom. The molecule has 0 radical (unpaired) electrons. The van der Waals surface area contributed by atoms with Crippen molar-refractivity contribution in [2.24, 2.45) is 5.92 Å². The highest BCUT2D eigenvalue weighted by molar-refractivity contribution is 5.94. The summed E-state index contributed by atoms with van der Waals surface area (Å²) in [5, 5.41) is 3.02. The van der Waals surface area contributed by atoms with Gasteiger partial charge in [0.2, 0.25) is 0 Å². The van der Waals surface area contributed by atoms with Gasteiger partial charge in [0, 0.05) is 6.04 Å². The number of rotatable bonds is 5. The van der Waals surface area contributed by atoms with Gasteiger partial charge >= 0.3 is 5.97 Å². The first-order chi connectivity index (χ1) is 11.4. The zero-order chi connectivity index (χ0) is 17.7. The molecule has 1 fully saturated rings. The Bertz CT molecular complexity index is 599. The van der Waals surface area contributed by atoms with E-state index in [1.807, 2.05) is 13.0 Å². The summed E-state index contributed by atoms with van der Waals surface area (Å²) in [6, 6.07) is 5.45. The fourth-order valence-corrected chi connectivity index (χ4v) is 3.09. The number of hydrogen-bond donors (Lipinski definition) is 1. The Labute approximate surface area is 143 Å². The molecule has 3 atom stereocenters. The van der Waals surface area contributed by atoms with Gasteiger partial charge in [-0.1, -0.05) is 31.4 Å². The largest absolute Gasteiger partial charge is 0.496 e. The second kappa shape index (κ2) is 8.18. The monoisotopic (exact) mass is 333 g/mol. The van der Waals surface area contributed by atoms with Crippen LogP contribution in [-0.4, -0.2) is 31.1 Å². The molecule has 1 aliphatic carbocycles. The molecule has 0 bridgehead atoms. The Kier molecular flexibility index (Phi) is 6.23. The molecule has 1 N–H and O–H groups in total. The minimum Gasteiger partial charge on any atom is -0.496 e. The predicted octanol–water partition coefficient (Wildman–Crippen LogP) is 3.24. The predicted molar refractivity (Wildman–Crippen MR) is 92.2 cm³/mol. The van der Waals surface area contributed by atoms with E-state index in [1.165, 1.54) is 13.5 Å². The van der Waals surface area contributed by atoms with Crippen LogP contribution < -0.4 is 10.1 Å². The van der Waals surface area contributed by atoms with Crippen molar-refractivity contribution in [1.29, 1.82) is 0 Å². The van der Waals surface area contributed by atoms with Gasteiger partial charge in [0.15, 0.2) is 6.10 Å². The number of nitrogens with one attached hydrogen (secondary N) is 1. The van der Waals surface area contributed by atoms with Crippen molar-refractivity contribution in [2.45, 2.75) is 58.6 Å². The third-order valence-corrected chi connectivity index (χ3v) is 4.67. The van der Waals surface area contributed by atoms with E-state index in [2.05, 4.69) is 12.2 Å². The molecule has 5 nitrogen and oxygen atoms in total. The van der Waals surface area contributed by atoms with Crippen LogP contribution in [-0.2, 0) is 9.53 Å². The van der Waals surface area contributed by atoms with Crippen molar-refractivity contribution in [2.75, 3.05) is 7.11 Å². The first-order valence-corrected chi connectivity index (χ1v) is 8.58. The molecule has 132 valence electrons. The van der Waals surface area contributed by atoms with E-state index < -0.39 is 12.1 Å². The average Bonchev–Trinajstić information content (AvgIpc) is 2.56. The summed E-state index contributed by atoms with van der Waals surface area (Å²) < 4.78 is 10.5. The van der Waals surface area contributed by atoms with Gasteiger partial charge in [-0.25, -0.2) is 4.79 Å². The van der Waals surface area contributed by atoms with Gasteiger partial charge in [-0.2, -0.15) is 0 Å². The van der Waals surface area contributed by atoms with Crippen LogP contribution in [0, 0.1) is 12.8 Å². The van der Waals surface area contributed by atoms with Crippen molar-refractivity contribution < 1.29 is 19.1 Å². The highest BCUT2D eigenvalue weighted by Crippen LogP contribution is 2.24. The van der Waals surface area contributed by atoms with Crippen LogP contribution in [0.25, 0.3) is 0 Å². The molecule has 0 unspecified atom stereocenters. The van der Waals surface area contributed by atoms with E-state index in [0.29, 0.717) is 17.2 Å². The van der Waals surface area contributed by atoms with E-state index >= 15 is 0 Å². The number of ether oxygens (including phenoxy) is 2. The second-order valence-corrected chi connectivity index (χ2v) is 6.63. The summed E-state index contributed by atoms with van der Waals surface area (Å²) in [5.74, 6) is 0.116. The van der Waals surface area contributed by atoms with E-state index in [9.17, 15) is 9.59 Å². The van der Waals surface area contributed by atoms with Crippen LogP contribution in [0.4, 0.5) is 0 Å². The number of carbonyl (C=O) groups is 2. The molecule has 5 heteroatoms. The quantitative estimate of drug-likeness (QED) is 0.840.